The Balaban J connectivity index is 1.31. The van der Waals surface area contributed by atoms with Crippen molar-refractivity contribution in [1.29, 1.82) is 0 Å². The van der Waals surface area contributed by atoms with Crippen molar-refractivity contribution in [2.45, 2.75) is 41.5 Å². The lowest BCUT2D eigenvalue weighted by atomic mass is 9.58. The van der Waals surface area contributed by atoms with Gasteiger partial charge < -0.3 is 0 Å². The van der Waals surface area contributed by atoms with E-state index in [1.807, 2.05) is 0 Å². The van der Waals surface area contributed by atoms with Crippen LogP contribution in [0.3, 0.4) is 0 Å². The summed E-state index contributed by atoms with van der Waals surface area (Å²) in [6.45, 7) is 0. The van der Waals surface area contributed by atoms with Crippen LogP contribution in [0.2, 0.25) is 0 Å². The zero-order chi connectivity index (χ0) is 15.0. The highest BCUT2D eigenvalue weighted by Gasteiger charge is 2.65. The van der Waals surface area contributed by atoms with Crippen LogP contribution in [-0.4, -0.2) is 17.3 Å². The molecule has 2 aliphatic heterocycles. The van der Waals surface area contributed by atoms with Gasteiger partial charge in [-0.2, -0.15) is 10.2 Å². The van der Waals surface area contributed by atoms with Crippen molar-refractivity contribution in [2.24, 2.45) is 45.7 Å². The zero-order valence-electron chi connectivity index (χ0n) is 13.2. The summed E-state index contributed by atoms with van der Waals surface area (Å²) in [7, 11) is 0. The molecule has 3 saturated carbocycles. The van der Waals surface area contributed by atoms with Crippen LogP contribution >= 0.6 is 11.8 Å². The van der Waals surface area contributed by atoms with Crippen LogP contribution in [0.5, 0.6) is 0 Å². The molecule has 2 nitrogen and oxygen atoms in total. The van der Waals surface area contributed by atoms with Crippen LogP contribution in [-0.2, 0) is 0 Å². The molecule has 0 N–H and O–H groups in total. The second kappa shape index (κ2) is 4.72. The van der Waals surface area contributed by atoms with Crippen LogP contribution in [0.15, 0.2) is 57.6 Å². The lowest BCUT2D eigenvalue weighted by molar-refractivity contribution is 0.0202. The number of rotatable bonds is 2. The van der Waals surface area contributed by atoms with Crippen LogP contribution < -0.4 is 0 Å². The van der Waals surface area contributed by atoms with Gasteiger partial charge in [0.2, 0.25) is 0 Å². The molecule has 118 valence electrons. The Hall–Kier alpha value is -1.09. The zero-order valence-corrected chi connectivity index (χ0v) is 14.0. The summed E-state index contributed by atoms with van der Waals surface area (Å²) in [5, 5.41) is 10.4. The largest absolute Gasteiger partial charge is 0.190 e. The Kier molecular flexibility index (Phi) is 2.71. The average Bonchev–Trinajstić information content (AvgIpc) is 3.31. The highest BCUT2D eigenvalue weighted by atomic mass is 32.2. The molecule has 1 aromatic rings. The maximum absolute atomic E-state index is 4.82. The van der Waals surface area contributed by atoms with Gasteiger partial charge in [0, 0.05) is 16.1 Å². The van der Waals surface area contributed by atoms with E-state index < -0.39 is 0 Å². The predicted octanol–water partition coefficient (Wildman–Crippen LogP) is 4.83. The Morgan fingerprint density at radius 1 is 0.913 bits per heavy atom. The topological polar surface area (TPSA) is 24.7 Å². The Labute approximate surface area is 141 Å². The van der Waals surface area contributed by atoms with Crippen molar-refractivity contribution < 1.29 is 0 Å². The highest BCUT2D eigenvalue weighted by molar-refractivity contribution is 8.00. The minimum Gasteiger partial charge on any atom is -0.190 e. The summed E-state index contributed by atoms with van der Waals surface area (Å²) < 4.78 is 0. The first-order chi connectivity index (χ1) is 11.4. The quantitative estimate of drug-likeness (QED) is 0.716. The van der Waals surface area contributed by atoms with Gasteiger partial charge in [0.25, 0.3) is 0 Å². The van der Waals surface area contributed by atoms with E-state index in [4.69, 9.17) is 10.2 Å². The first kappa shape index (κ1) is 13.2. The maximum Gasteiger partial charge on any atom is 0.0808 e. The number of allylic oxidation sites excluding steroid dienone is 1. The molecular weight excluding hydrogens is 300 g/mol. The minimum atomic E-state index is 0.520. The van der Waals surface area contributed by atoms with Gasteiger partial charge in [0.1, 0.15) is 0 Å². The van der Waals surface area contributed by atoms with Gasteiger partial charge in [-0.3, -0.25) is 0 Å². The molecule has 3 heteroatoms. The maximum atomic E-state index is 4.82. The summed E-state index contributed by atoms with van der Waals surface area (Å²) in [5.41, 5.74) is 0. The van der Waals surface area contributed by atoms with Gasteiger partial charge in [-0.1, -0.05) is 30.4 Å². The second-order valence-corrected chi connectivity index (χ2v) is 9.45. The fraction of sp³-hybridized carbons (Fsp3) is 0.600. The first-order valence-corrected chi connectivity index (χ1v) is 10.1. The Morgan fingerprint density at radius 3 is 2.70 bits per heavy atom. The average molecular weight is 322 g/mol. The number of azo groups is 1. The standard InChI is InChI=1S/C20H22N2S/c1-2-5-12(6-3-1)23-16-10-11-9-15(16)18-17(11)19-13-7-4-8-14(13)20(18)22-21-19/h1-7,11,13-20H,8-10H2/t11-,13-,14+,15+,16-,17-,18-,19+,20+/m1/s1. The summed E-state index contributed by atoms with van der Waals surface area (Å²) in [4.78, 5) is 1.45. The molecule has 0 aromatic heterocycles. The monoisotopic (exact) mass is 322 g/mol. The SMILES string of the molecule is C1=C[C@@H]2[C@H](C1)[C@@H]1N=N[C@@H]2[C@@H]2[C@@H]3C[C@H]([C@@H]12)[C@H](Sc1ccccc1)C3. The normalized spacial score (nSPS) is 51.2. The molecule has 4 bridgehead atoms. The molecule has 0 amide bonds. The van der Waals surface area contributed by atoms with Crippen molar-refractivity contribution in [2.75, 3.05) is 0 Å². The first-order valence-electron chi connectivity index (χ1n) is 9.18. The Morgan fingerprint density at radius 2 is 1.78 bits per heavy atom. The molecule has 4 aliphatic carbocycles. The summed E-state index contributed by atoms with van der Waals surface area (Å²) >= 11 is 2.13. The lowest BCUT2D eigenvalue weighted by Gasteiger charge is -2.52. The summed E-state index contributed by atoms with van der Waals surface area (Å²) in [5.74, 6) is 4.97. The van der Waals surface area contributed by atoms with Crippen molar-refractivity contribution in [3.8, 4) is 0 Å². The van der Waals surface area contributed by atoms with E-state index in [9.17, 15) is 0 Å². The third-order valence-corrected chi connectivity index (χ3v) is 8.71. The number of thioether (sulfide) groups is 1. The highest BCUT2D eigenvalue weighted by Crippen LogP contribution is 2.66. The van der Waals surface area contributed by atoms with Gasteiger partial charge in [0.05, 0.1) is 12.1 Å². The predicted molar refractivity (Wildman–Crippen MR) is 92.5 cm³/mol. The summed E-state index contributed by atoms with van der Waals surface area (Å²) in [6, 6.07) is 12.1. The van der Waals surface area contributed by atoms with Crippen molar-refractivity contribution >= 4 is 11.8 Å². The van der Waals surface area contributed by atoms with Crippen LogP contribution in [0, 0.1) is 35.5 Å². The molecule has 9 atom stereocenters. The van der Waals surface area contributed by atoms with E-state index in [0.717, 1.165) is 40.8 Å². The Bertz CT molecular complexity index is 684. The third kappa shape index (κ3) is 1.72. The number of hydrogen-bond acceptors (Lipinski definition) is 3. The van der Waals surface area contributed by atoms with Crippen LogP contribution in [0.1, 0.15) is 19.3 Å². The molecule has 0 spiro atoms. The number of hydrogen-bond donors (Lipinski definition) is 0. The second-order valence-electron chi connectivity index (χ2n) is 8.14. The van der Waals surface area contributed by atoms with E-state index in [1.54, 1.807) is 0 Å². The van der Waals surface area contributed by atoms with Gasteiger partial charge in [0.15, 0.2) is 0 Å². The van der Waals surface area contributed by atoms with Gasteiger partial charge >= 0.3 is 0 Å². The van der Waals surface area contributed by atoms with Crippen molar-refractivity contribution in [3.63, 3.8) is 0 Å². The van der Waals surface area contributed by atoms with Crippen LogP contribution in [0.4, 0.5) is 0 Å². The van der Waals surface area contributed by atoms with Gasteiger partial charge in [-0.05, 0) is 61.0 Å². The fourth-order valence-electron chi connectivity index (χ4n) is 6.63. The van der Waals surface area contributed by atoms with Crippen molar-refractivity contribution in [1.82, 2.24) is 0 Å². The van der Waals surface area contributed by atoms with Gasteiger partial charge in [-0.15, -0.1) is 11.8 Å². The molecule has 0 saturated heterocycles. The van der Waals surface area contributed by atoms with E-state index in [1.165, 1.54) is 24.2 Å². The van der Waals surface area contributed by atoms with Crippen LogP contribution in [0.25, 0.3) is 0 Å². The van der Waals surface area contributed by atoms with Crippen molar-refractivity contribution in [3.05, 3.63) is 42.5 Å². The lowest BCUT2D eigenvalue weighted by Crippen LogP contribution is -2.55. The molecule has 6 aliphatic rings. The fourth-order valence-corrected chi connectivity index (χ4v) is 8.10. The molecule has 2 heterocycles. The molecule has 1 aromatic carbocycles. The molecular formula is C20H22N2S. The smallest absolute Gasteiger partial charge is 0.0808 e. The molecule has 7 rings (SSSR count). The van der Waals surface area contributed by atoms with E-state index in [2.05, 4.69) is 54.2 Å². The molecule has 23 heavy (non-hydrogen) atoms. The summed E-state index contributed by atoms with van der Waals surface area (Å²) in [6.07, 6.45) is 8.98. The molecule has 0 radical (unpaired) electrons. The van der Waals surface area contributed by atoms with E-state index in [0.29, 0.717) is 12.1 Å². The van der Waals surface area contributed by atoms with Gasteiger partial charge in [-0.25, -0.2) is 0 Å². The number of benzene rings is 1. The number of nitrogens with zero attached hydrogens (tertiary/aromatic N) is 2. The third-order valence-electron chi connectivity index (χ3n) is 7.32. The van der Waals surface area contributed by atoms with E-state index in [-0.39, 0.29) is 0 Å². The minimum absolute atomic E-state index is 0.520. The molecule has 0 unspecified atom stereocenters. The number of fused-ring (bicyclic) bond motifs is 2. The van der Waals surface area contributed by atoms with E-state index >= 15 is 0 Å². The molecule has 3 fully saturated rings.